The van der Waals surface area contributed by atoms with Gasteiger partial charge in [-0.3, -0.25) is 4.90 Å². The number of piperazine rings is 1. The van der Waals surface area contributed by atoms with Gasteiger partial charge in [-0.1, -0.05) is 0 Å². The van der Waals surface area contributed by atoms with Crippen molar-refractivity contribution < 1.29 is 22.5 Å². The summed E-state index contributed by atoms with van der Waals surface area (Å²) in [5.74, 6) is 1.50. The number of piperidine rings is 1. The summed E-state index contributed by atoms with van der Waals surface area (Å²) in [6, 6.07) is 9.56. The Morgan fingerprint density at radius 2 is 1.70 bits per heavy atom. The molecule has 50 heavy (non-hydrogen) atoms. The molecule has 0 saturated carbocycles. The molecule has 0 atom stereocenters. The molecule has 0 spiro atoms. The van der Waals surface area contributed by atoms with Crippen molar-refractivity contribution in [2.24, 2.45) is 0 Å². The zero-order valence-electron chi connectivity index (χ0n) is 28.8. The van der Waals surface area contributed by atoms with Gasteiger partial charge >= 0.3 is 6.18 Å². The zero-order chi connectivity index (χ0) is 35.8. The van der Waals surface area contributed by atoms with E-state index in [0.29, 0.717) is 39.0 Å². The van der Waals surface area contributed by atoms with Crippen LogP contribution in [0.1, 0.15) is 24.0 Å². The first-order chi connectivity index (χ1) is 23.7. The number of ether oxygens (including phenoxy) is 1. The Kier molecular flexibility index (Phi) is 10.5. The number of rotatable bonds is 9. The smallest absolute Gasteiger partial charge is 0.419 e. The Bertz CT molecular complexity index is 1880. The highest BCUT2D eigenvalue weighted by Gasteiger charge is 2.33. The second-order valence-electron chi connectivity index (χ2n) is 13.3. The molecule has 6 rings (SSSR count). The summed E-state index contributed by atoms with van der Waals surface area (Å²) in [4.78, 5) is 16.6. The molecule has 0 unspecified atom stereocenters. The maximum absolute atomic E-state index is 13.4. The number of aromatic nitrogens is 4. The van der Waals surface area contributed by atoms with E-state index < -0.39 is 18.9 Å². The van der Waals surface area contributed by atoms with E-state index >= 15 is 0 Å². The van der Waals surface area contributed by atoms with Crippen LogP contribution in [0.2, 0.25) is 0 Å². The number of nitrogens with zero attached hydrogens (tertiary/aromatic N) is 7. The molecule has 4 aromatic rings. The Labute approximate surface area is 298 Å². The first kappa shape index (κ1) is 36.2. The molecule has 2 aliphatic rings. The van der Waals surface area contributed by atoms with Crippen molar-refractivity contribution >= 4 is 57.2 Å². The first-order valence-corrected chi connectivity index (χ1v) is 19.8. The van der Waals surface area contributed by atoms with Gasteiger partial charge in [0, 0.05) is 74.8 Å². The number of hydrogen-bond donors (Lipinski definition) is 2. The van der Waals surface area contributed by atoms with Gasteiger partial charge in [0.05, 0.1) is 40.4 Å². The van der Waals surface area contributed by atoms with Crippen LogP contribution in [0.5, 0.6) is 5.75 Å². The number of anilines is 5. The largest absolute Gasteiger partial charge is 0.495 e. The summed E-state index contributed by atoms with van der Waals surface area (Å²) in [5.41, 5.74) is 2.84. The van der Waals surface area contributed by atoms with Crippen molar-refractivity contribution in [2.75, 3.05) is 82.3 Å². The van der Waals surface area contributed by atoms with E-state index in [1.807, 2.05) is 13.0 Å². The lowest BCUT2D eigenvalue weighted by atomic mass is 10.0. The van der Waals surface area contributed by atoms with Gasteiger partial charge < -0.3 is 29.7 Å². The standard InChI is InChI=1S/C34H42BrF3N9O2P/c1-22-16-29(46-10-8-24(9-11-46)45-14-12-44(2)13-15-45)30(49-3)18-28(22)42-33-39-20-26(35)32(43-33)41-27-7-6-25(17-31(27)50(4,5)48)47-21-23(19-40-47)34(36,37)38/h6-7,16-21,24H,8-15H2,1-5H3,(H2,39,41,42,43). The Balaban J connectivity index is 1.19. The number of nitrogens with one attached hydrogen (secondary N) is 2. The van der Waals surface area contributed by atoms with Gasteiger partial charge in [-0.05, 0) is 85.9 Å². The number of benzene rings is 2. The minimum absolute atomic E-state index is 0.326. The molecule has 268 valence electrons. The molecule has 2 N–H and O–H groups in total. The molecule has 0 amide bonds. The molecule has 2 aromatic carbocycles. The Morgan fingerprint density at radius 3 is 2.34 bits per heavy atom. The van der Waals surface area contributed by atoms with Crippen LogP contribution in [-0.2, 0) is 10.7 Å². The molecule has 0 radical (unpaired) electrons. The lowest BCUT2D eigenvalue weighted by molar-refractivity contribution is -0.137. The fourth-order valence-corrected chi connectivity index (χ4v) is 7.91. The minimum atomic E-state index is -4.52. The number of likely N-dealkylation sites (N-methyl/N-ethyl adjacent to an activating group) is 1. The van der Waals surface area contributed by atoms with Gasteiger partial charge in [-0.25, -0.2) is 9.67 Å². The number of methoxy groups -OCH3 is 1. The maximum atomic E-state index is 13.4. The topological polar surface area (TPSA) is 104 Å². The zero-order valence-corrected chi connectivity index (χ0v) is 31.2. The number of alkyl halides is 3. The van der Waals surface area contributed by atoms with Crippen LogP contribution >= 0.6 is 23.1 Å². The second-order valence-corrected chi connectivity index (χ2v) is 17.3. The quantitative estimate of drug-likeness (QED) is 0.179. The normalized spacial score (nSPS) is 16.9. The van der Waals surface area contributed by atoms with Gasteiger partial charge in [-0.2, -0.15) is 23.3 Å². The van der Waals surface area contributed by atoms with E-state index in [2.05, 4.69) is 64.5 Å². The highest BCUT2D eigenvalue weighted by atomic mass is 79.9. The van der Waals surface area contributed by atoms with E-state index in [-0.39, 0.29) is 0 Å². The number of halogens is 4. The van der Waals surface area contributed by atoms with Crippen LogP contribution in [0.3, 0.4) is 0 Å². The Morgan fingerprint density at radius 1 is 0.980 bits per heavy atom. The highest BCUT2D eigenvalue weighted by molar-refractivity contribution is 9.10. The van der Waals surface area contributed by atoms with E-state index in [4.69, 9.17) is 9.72 Å². The monoisotopic (exact) mass is 775 g/mol. The summed E-state index contributed by atoms with van der Waals surface area (Å²) in [5, 5.41) is 10.9. The molecule has 0 aliphatic carbocycles. The van der Waals surface area contributed by atoms with Crippen LogP contribution in [0.15, 0.2) is 53.4 Å². The van der Waals surface area contributed by atoms with E-state index in [9.17, 15) is 17.7 Å². The molecule has 11 nitrogen and oxygen atoms in total. The second kappa shape index (κ2) is 14.5. The van der Waals surface area contributed by atoms with Crippen molar-refractivity contribution in [3.63, 3.8) is 0 Å². The molecule has 16 heteroatoms. The molecule has 2 aliphatic heterocycles. The summed E-state index contributed by atoms with van der Waals surface area (Å²) in [6.45, 7) is 11.7. The summed E-state index contributed by atoms with van der Waals surface area (Å²) < 4.78 is 60.5. The van der Waals surface area contributed by atoms with Crippen LogP contribution in [0.4, 0.5) is 42.0 Å². The van der Waals surface area contributed by atoms with Crippen molar-refractivity contribution in [2.45, 2.75) is 32.0 Å². The fraction of sp³-hybridized carbons (Fsp3) is 0.441. The average Bonchev–Trinajstić information content (AvgIpc) is 3.59. The lowest BCUT2D eigenvalue weighted by Crippen LogP contribution is -2.52. The van der Waals surface area contributed by atoms with Gasteiger partial charge in [-0.15, -0.1) is 0 Å². The van der Waals surface area contributed by atoms with Gasteiger partial charge in [0.25, 0.3) is 0 Å². The summed E-state index contributed by atoms with van der Waals surface area (Å²) in [7, 11) is 0.951. The van der Waals surface area contributed by atoms with Gasteiger partial charge in [0.15, 0.2) is 0 Å². The molecule has 2 aromatic heterocycles. The number of hydrogen-bond acceptors (Lipinski definition) is 10. The number of aryl methyl sites for hydroxylation is 1. The molecular weight excluding hydrogens is 734 g/mol. The van der Waals surface area contributed by atoms with Gasteiger partial charge in [0.2, 0.25) is 5.95 Å². The maximum Gasteiger partial charge on any atom is 0.419 e. The van der Waals surface area contributed by atoms with Crippen molar-refractivity contribution in [1.82, 2.24) is 29.5 Å². The fourth-order valence-electron chi connectivity index (χ4n) is 6.46. The van der Waals surface area contributed by atoms with Crippen LogP contribution in [0.25, 0.3) is 5.69 Å². The molecule has 0 bridgehead atoms. The molecule has 4 heterocycles. The van der Waals surface area contributed by atoms with Crippen molar-refractivity contribution in [3.05, 3.63) is 64.5 Å². The highest BCUT2D eigenvalue weighted by Crippen LogP contribution is 2.41. The molecule has 2 fully saturated rings. The van der Waals surface area contributed by atoms with Crippen LogP contribution in [0, 0.1) is 6.92 Å². The van der Waals surface area contributed by atoms with Crippen LogP contribution < -0.4 is 25.6 Å². The molecule has 2 saturated heterocycles. The predicted molar refractivity (Wildman–Crippen MR) is 196 cm³/mol. The van der Waals surface area contributed by atoms with Gasteiger partial charge in [0.1, 0.15) is 18.7 Å². The average molecular weight is 777 g/mol. The third kappa shape index (κ3) is 8.11. The van der Waals surface area contributed by atoms with E-state index in [1.54, 1.807) is 44.8 Å². The van der Waals surface area contributed by atoms with E-state index in [0.717, 1.165) is 91.9 Å². The Hall–Kier alpha value is -3.65. The van der Waals surface area contributed by atoms with E-state index in [1.165, 1.54) is 0 Å². The predicted octanol–water partition coefficient (Wildman–Crippen LogP) is 6.71. The third-order valence-corrected chi connectivity index (χ3v) is 11.5. The third-order valence-electron chi connectivity index (χ3n) is 9.36. The SMILES string of the molecule is COc1cc(Nc2ncc(Br)c(Nc3ccc(-n4cc(C(F)(F)F)cn4)cc3P(C)(C)=O)n2)c(C)cc1N1CCC(N2CCN(C)CC2)CC1. The first-order valence-electron chi connectivity index (χ1n) is 16.4. The van der Waals surface area contributed by atoms with Crippen molar-refractivity contribution in [1.29, 1.82) is 0 Å². The minimum Gasteiger partial charge on any atom is -0.495 e. The molecular formula is C34H42BrF3N9O2P. The lowest BCUT2D eigenvalue weighted by Gasteiger charge is -2.42. The summed E-state index contributed by atoms with van der Waals surface area (Å²) >= 11 is 3.51. The van der Waals surface area contributed by atoms with Crippen molar-refractivity contribution in [3.8, 4) is 11.4 Å². The van der Waals surface area contributed by atoms with Crippen LogP contribution in [-0.4, -0.2) is 102 Å². The summed E-state index contributed by atoms with van der Waals surface area (Å²) in [6.07, 6.45) is 0.990.